The lowest BCUT2D eigenvalue weighted by molar-refractivity contribution is 0.0912. The summed E-state index contributed by atoms with van der Waals surface area (Å²) in [5.74, 6) is -0.736. The van der Waals surface area contributed by atoms with Gasteiger partial charge in [-0.1, -0.05) is 56.7 Å². The van der Waals surface area contributed by atoms with Crippen LogP contribution in [0.3, 0.4) is 0 Å². The average Bonchev–Trinajstić information content (AvgIpc) is 3.20. The molecular weight excluding hydrogens is 343 g/mol. The van der Waals surface area contributed by atoms with Crippen molar-refractivity contribution in [1.82, 2.24) is 20.1 Å². The van der Waals surface area contributed by atoms with E-state index in [0.29, 0.717) is 6.54 Å². The number of amides is 1. The number of carbonyl (C=O) groups excluding carboxylic acids is 1. The first kappa shape index (κ1) is 18.8. The van der Waals surface area contributed by atoms with Crippen LogP contribution in [0.15, 0.2) is 61.2 Å². The predicted octanol–water partition coefficient (Wildman–Crippen LogP) is 3.93. The fourth-order valence-corrected chi connectivity index (χ4v) is 2.94. The van der Waals surface area contributed by atoms with Crippen LogP contribution in [0.2, 0.25) is 0 Å². The van der Waals surface area contributed by atoms with Crippen molar-refractivity contribution in [2.45, 2.75) is 32.9 Å². The zero-order valence-corrected chi connectivity index (χ0v) is 15.5. The first-order valence-corrected chi connectivity index (χ1v) is 9.06. The van der Waals surface area contributed by atoms with Gasteiger partial charge in [0.15, 0.2) is 0 Å². The predicted molar refractivity (Wildman–Crippen MR) is 103 cm³/mol. The van der Waals surface area contributed by atoms with E-state index in [1.165, 1.54) is 18.5 Å². The van der Waals surface area contributed by atoms with Crippen molar-refractivity contribution in [2.75, 3.05) is 0 Å². The van der Waals surface area contributed by atoms with Crippen molar-refractivity contribution in [2.24, 2.45) is 5.92 Å². The molecule has 1 amide bonds. The van der Waals surface area contributed by atoms with Crippen molar-refractivity contribution in [3.8, 4) is 11.1 Å². The van der Waals surface area contributed by atoms with Crippen molar-refractivity contribution in [3.63, 3.8) is 0 Å². The fourth-order valence-electron chi connectivity index (χ4n) is 2.94. The summed E-state index contributed by atoms with van der Waals surface area (Å²) in [6.45, 7) is 4.60. The van der Waals surface area contributed by atoms with Crippen LogP contribution in [0.4, 0.5) is 4.39 Å². The molecule has 3 aromatic rings. The van der Waals surface area contributed by atoms with Crippen LogP contribution in [-0.4, -0.2) is 26.7 Å². The van der Waals surface area contributed by atoms with Gasteiger partial charge in [-0.3, -0.25) is 9.48 Å². The van der Waals surface area contributed by atoms with Crippen LogP contribution < -0.4 is 5.32 Å². The minimum atomic E-state index is -0.530. The molecular formula is C21H23FN4O. The summed E-state index contributed by atoms with van der Waals surface area (Å²) >= 11 is 0. The Hall–Kier alpha value is -3.02. The molecule has 0 unspecified atom stereocenters. The van der Waals surface area contributed by atoms with Crippen molar-refractivity contribution in [3.05, 3.63) is 72.6 Å². The summed E-state index contributed by atoms with van der Waals surface area (Å²) in [5.41, 5.74) is 1.69. The number of halogens is 1. The third-order valence-electron chi connectivity index (χ3n) is 4.82. The molecule has 27 heavy (non-hydrogen) atoms. The second kappa shape index (κ2) is 8.58. The van der Waals surface area contributed by atoms with Gasteiger partial charge in [0.25, 0.3) is 5.91 Å². The lowest BCUT2D eigenvalue weighted by Crippen LogP contribution is -2.42. The van der Waals surface area contributed by atoms with Gasteiger partial charge in [-0.05, 0) is 29.2 Å². The molecule has 2 aromatic carbocycles. The molecule has 1 heterocycles. The first-order valence-electron chi connectivity index (χ1n) is 9.06. The van der Waals surface area contributed by atoms with Gasteiger partial charge in [-0.15, -0.1) is 0 Å². The highest BCUT2D eigenvalue weighted by molar-refractivity contribution is 5.95. The second-order valence-corrected chi connectivity index (χ2v) is 6.64. The van der Waals surface area contributed by atoms with E-state index in [-0.39, 0.29) is 17.5 Å². The molecule has 1 aromatic heterocycles. The van der Waals surface area contributed by atoms with Gasteiger partial charge < -0.3 is 5.32 Å². The van der Waals surface area contributed by atoms with E-state index in [4.69, 9.17) is 0 Å². The number of rotatable bonds is 7. The Morgan fingerprint density at radius 2 is 1.96 bits per heavy atom. The summed E-state index contributed by atoms with van der Waals surface area (Å²) in [5, 5.41) is 7.05. The average molecular weight is 366 g/mol. The van der Waals surface area contributed by atoms with Gasteiger partial charge >= 0.3 is 0 Å². The number of benzene rings is 2. The van der Waals surface area contributed by atoms with E-state index in [0.717, 1.165) is 17.5 Å². The smallest absolute Gasteiger partial charge is 0.254 e. The summed E-state index contributed by atoms with van der Waals surface area (Å²) < 4.78 is 16.3. The molecule has 2 atom stereocenters. The van der Waals surface area contributed by atoms with Crippen LogP contribution in [0.5, 0.6) is 0 Å². The van der Waals surface area contributed by atoms with Gasteiger partial charge in [0, 0.05) is 0 Å². The Morgan fingerprint density at radius 1 is 1.19 bits per heavy atom. The molecule has 0 aliphatic carbocycles. The highest BCUT2D eigenvalue weighted by atomic mass is 19.1. The van der Waals surface area contributed by atoms with E-state index in [1.807, 2.05) is 30.3 Å². The minimum Gasteiger partial charge on any atom is -0.347 e. The Labute approximate surface area is 158 Å². The summed E-state index contributed by atoms with van der Waals surface area (Å²) in [7, 11) is 0. The first-order chi connectivity index (χ1) is 13.1. The van der Waals surface area contributed by atoms with E-state index in [9.17, 15) is 9.18 Å². The monoisotopic (exact) mass is 366 g/mol. The van der Waals surface area contributed by atoms with Gasteiger partial charge in [-0.25, -0.2) is 9.37 Å². The van der Waals surface area contributed by atoms with Crippen molar-refractivity contribution < 1.29 is 9.18 Å². The second-order valence-electron chi connectivity index (χ2n) is 6.64. The van der Waals surface area contributed by atoms with Crippen LogP contribution in [0.1, 0.15) is 30.6 Å². The maximum absolute atomic E-state index is 14.6. The van der Waals surface area contributed by atoms with Gasteiger partial charge in [-0.2, -0.15) is 5.10 Å². The normalized spacial score (nSPS) is 13.1. The Morgan fingerprint density at radius 3 is 2.59 bits per heavy atom. The molecule has 0 aliphatic heterocycles. The van der Waals surface area contributed by atoms with Gasteiger partial charge in [0.2, 0.25) is 0 Å². The fraction of sp³-hybridized carbons (Fsp3) is 0.286. The van der Waals surface area contributed by atoms with E-state index in [1.54, 1.807) is 17.1 Å². The quantitative estimate of drug-likeness (QED) is 0.689. The lowest BCUT2D eigenvalue weighted by Gasteiger charge is -2.24. The Bertz CT molecular complexity index is 880. The molecule has 6 heteroatoms. The van der Waals surface area contributed by atoms with Crippen molar-refractivity contribution >= 4 is 5.91 Å². The highest BCUT2D eigenvalue weighted by Gasteiger charge is 2.22. The number of carbonyl (C=O) groups is 1. The number of hydrogen-bond acceptors (Lipinski definition) is 3. The van der Waals surface area contributed by atoms with E-state index >= 15 is 0 Å². The molecule has 5 nitrogen and oxygen atoms in total. The molecule has 140 valence electrons. The minimum absolute atomic E-state index is 0.0431. The number of nitrogens with one attached hydrogen (secondary N) is 1. The summed E-state index contributed by atoms with van der Waals surface area (Å²) in [4.78, 5) is 16.6. The molecule has 0 aliphatic rings. The highest BCUT2D eigenvalue weighted by Crippen LogP contribution is 2.22. The number of nitrogens with zero attached hydrogens (tertiary/aromatic N) is 3. The Kier molecular flexibility index (Phi) is 5.96. The molecule has 0 saturated carbocycles. The molecule has 0 saturated heterocycles. The third-order valence-corrected chi connectivity index (χ3v) is 4.82. The molecule has 0 fully saturated rings. The van der Waals surface area contributed by atoms with Crippen LogP contribution in [-0.2, 0) is 6.54 Å². The van der Waals surface area contributed by atoms with Crippen molar-refractivity contribution in [1.29, 1.82) is 0 Å². The number of aromatic nitrogens is 3. The molecule has 3 rings (SSSR count). The summed E-state index contributed by atoms with van der Waals surface area (Å²) in [6, 6.07) is 14.1. The zero-order chi connectivity index (χ0) is 19.2. The maximum atomic E-state index is 14.6. The lowest BCUT2D eigenvalue weighted by atomic mass is 9.98. The summed E-state index contributed by atoms with van der Waals surface area (Å²) in [6.07, 6.45) is 3.95. The zero-order valence-electron chi connectivity index (χ0n) is 15.5. The standard InChI is InChI=1S/C21H23FN4O/c1-3-15(2)20(12-26-14-23-13-24-26)25-21(27)18-10-9-17(11-19(18)22)16-7-5-4-6-8-16/h4-11,13-15,20H,3,12H2,1-2H3,(H,25,27)/t15-,20+/m0/s1. The molecule has 1 N–H and O–H groups in total. The van der Waals surface area contributed by atoms with Gasteiger partial charge in [0.1, 0.15) is 18.5 Å². The number of hydrogen-bond donors (Lipinski definition) is 1. The molecule has 0 radical (unpaired) electrons. The van der Waals surface area contributed by atoms with Crippen LogP contribution >= 0.6 is 0 Å². The van der Waals surface area contributed by atoms with E-state index < -0.39 is 11.7 Å². The molecule has 0 bridgehead atoms. The van der Waals surface area contributed by atoms with Gasteiger partial charge in [0.05, 0.1) is 18.2 Å². The topological polar surface area (TPSA) is 59.8 Å². The van der Waals surface area contributed by atoms with Crippen LogP contribution in [0, 0.1) is 11.7 Å². The van der Waals surface area contributed by atoms with Crippen LogP contribution in [0.25, 0.3) is 11.1 Å². The maximum Gasteiger partial charge on any atom is 0.254 e. The third kappa shape index (κ3) is 4.58. The molecule has 0 spiro atoms. The van der Waals surface area contributed by atoms with E-state index in [2.05, 4.69) is 29.2 Å². The largest absolute Gasteiger partial charge is 0.347 e. The Balaban J connectivity index is 1.77. The SMILES string of the molecule is CC[C@H](C)[C@@H](Cn1cncn1)NC(=O)c1ccc(-c2ccccc2)cc1F.